The maximum atomic E-state index is 13.0. The summed E-state index contributed by atoms with van der Waals surface area (Å²) in [6.45, 7) is 0. The van der Waals surface area contributed by atoms with Gasteiger partial charge in [-0.1, -0.05) is 29.8 Å². The lowest BCUT2D eigenvalue weighted by Crippen LogP contribution is -2.33. The van der Waals surface area contributed by atoms with E-state index in [-0.39, 0.29) is 0 Å². The van der Waals surface area contributed by atoms with Crippen molar-refractivity contribution in [2.75, 3.05) is 0 Å². The predicted octanol–water partition coefficient (Wildman–Crippen LogP) is 3.75. The molecule has 0 saturated heterocycles. The van der Waals surface area contributed by atoms with Gasteiger partial charge in [-0.15, -0.1) is 0 Å². The van der Waals surface area contributed by atoms with Crippen molar-refractivity contribution >= 4 is 11.6 Å². The van der Waals surface area contributed by atoms with Crippen LogP contribution in [0.25, 0.3) is 0 Å². The van der Waals surface area contributed by atoms with Crippen molar-refractivity contribution in [3.8, 4) is 0 Å². The van der Waals surface area contributed by atoms with Gasteiger partial charge in [0.1, 0.15) is 5.82 Å². The number of rotatable bonds is 1. The number of hydrogen-bond acceptors (Lipinski definition) is 0. The Hall–Kier alpha value is -0.840. The highest BCUT2D eigenvalue weighted by Gasteiger charge is 2.57. The van der Waals surface area contributed by atoms with Crippen molar-refractivity contribution in [1.29, 1.82) is 0 Å². The summed E-state index contributed by atoms with van der Waals surface area (Å²) >= 11 is 4.61. The zero-order valence-corrected chi connectivity index (χ0v) is 7.33. The monoisotopic (exact) mass is 230 g/mol. The Bertz CT molecular complexity index is 331. The van der Waals surface area contributed by atoms with E-state index < -0.39 is 22.7 Å². The quantitative estimate of drug-likeness (QED) is 0.509. The minimum atomic E-state index is -5.35. The standard InChI is InChI=1S/C8H4ClF5/c9-7(11,8(12,13)14)5-3-1-2-4-6(5)10/h1-4H. The minimum absolute atomic E-state index is 0.649. The molecular formula is C8H4ClF5. The first-order chi connectivity index (χ1) is 6.27. The van der Waals surface area contributed by atoms with E-state index in [1.807, 2.05) is 0 Å². The first kappa shape index (κ1) is 11.2. The lowest BCUT2D eigenvalue weighted by Gasteiger charge is -2.21. The zero-order valence-electron chi connectivity index (χ0n) is 6.58. The van der Waals surface area contributed by atoms with Crippen LogP contribution in [0.2, 0.25) is 0 Å². The lowest BCUT2D eigenvalue weighted by molar-refractivity contribution is -0.202. The molecule has 0 bridgehead atoms. The smallest absolute Gasteiger partial charge is 0.210 e. The van der Waals surface area contributed by atoms with Gasteiger partial charge in [-0.2, -0.15) is 13.2 Å². The van der Waals surface area contributed by atoms with Gasteiger partial charge in [-0.05, 0) is 6.07 Å². The van der Waals surface area contributed by atoms with Crippen LogP contribution in [0.4, 0.5) is 22.0 Å². The first-order valence-corrected chi connectivity index (χ1v) is 3.84. The SMILES string of the molecule is Fc1ccccc1C(F)(Cl)C(F)(F)F. The third kappa shape index (κ3) is 1.82. The van der Waals surface area contributed by atoms with Crippen LogP contribution in [0.3, 0.4) is 0 Å². The summed E-state index contributed by atoms with van der Waals surface area (Å²) in [5.41, 5.74) is -1.23. The van der Waals surface area contributed by atoms with E-state index in [1.54, 1.807) is 0 Å². The molecular weight excluding hydrogens is 227 g/mol. The molecule has 0 radical (unpaired) electrons. The maximum Gasteiger partial charge on any atom is 0.441 e. The highest BCUT2D eigenvalue weighted by molar-refractivity contribution is 6.23. The second kappa shape index (κ2) is 3.38. The second-order valence-corrected chi connectivity index (χ2v) is 3.07. The molecule has 0 fully saturated rings. The summed E-state index contributed by atoms with van der Waals surface area (Å²) in [5.74, 6) is -1.33. The number of hydrogen-bond donors (Lipinski definition) is 0. The fourth-order valence-electron chi connectivity index (χ4n) is 0.869. The normalized spacial score (nSPS) is 16.4. The van der Waals surface area contributed by atoms with Crippen LogP contribution >= 0.6 is 11.6 Å². The van der Waals surface area contributed by atoms with Gasteiger partial charge in [0, 0.05) is 5.56 Å². The molecule has 0 saturated carbocycles. The largest absolute Gasteiger partial charge is 0.441 e. The molecule has 0 aliphatic heterocycles. The highest BCUT2D eigenvalue weighted by Crippen LogP contribution is 2.46. The van der Waals surface area contributed by atoms with Crippen LogP contribution in [-0.4, -0.2) is 6.18 Å². The van der Waals surface area contributed by atoms with Crippen LogP contribution in [0.15, 0.2) is 24.3 Å². The first-order valence-electron chi connectivity index (χ1n) is 3.46. The van der Waals surface area contributed by atoms with Crippen molar-refractivity contribution in [3.63, 3.8) is 0 Å². The Kier molecular flexibility index (Phi) is 2.71. The summed E-state index contributed by atoms with van der Waals surface area (Å²) in [6, 6.07) is 3.57. The van der Waals surface area contributed by atoms with Gasteiger partial charge in [0.15, 0.2) is 0 Å². The molecule has 1 aromatic carbocycles. The Morgan fingerprint density at radius 1 is 1.00 bits per heavy atom. The molecule has 1 rings (SSSR count). The molecule has 0 aromatic heterocycles. The van der Waals surface area contributed by atoms with E-state index in [0.29, 0.717) is 12.1 Å². The van der Waals surface area contributed by atoms with E-state index in [9.17, 15) is 22.0 Å². The molecule has 6 heteroatoms. The summed E-state index contributed by atoms with van der Waals surface area (Å²) in [4.78, 5) is 0. The molecule has 0 aliphatic rings. The lowest BCUT2D eigenvalue weighted by atomic mass is 10.1. The molecule has 0 nitrogen and oxygen atoms in total. The average molecular weight is 231 g/mol. The minimum Gasteiger partial charge on any atom is -0.210 e. The van der Waals surface area contributed by atoms with Gasteiger partial charge in [-0.3, -0.25) is 0 Å². The fourth-order valence-corrected chi connectivity index (χ4v) is 1.02. The van der Waals surface area contributed by atoms with Crippen molar-refractivity contribution in [3.05, 3.63) is 35.6 Å². The van der Waals surface area contributed by atoms with Crippen LogP contribution in [0.1, 0.15) is 5.56 Å². The van der Waals surface area contributed by atoms with Crippen LogP contribution < -0.4 is 0 Å². The average Bonchev–Trinajstić information content (AvgIpc) is 2.02. The molecule has 0 aliphatic carbocycles. The number of halogens is 6. The van der Waals surface area contributed by atoms with Gasteiger partial charge in [0.05, 0.1) is 0 Å². The molecule has 0 amide bonds. The third-order valence-corrected chi connectivity index (χ3v) is 1.99. The Balaban J connectivity index is 3.23. The van der Waals surface area contributed by atoms with Crippen molar-refractivity contribution in [2.45, 2.75) is 11.3 Å². The van der Waals surface area contributed by atoms with Gasteiger partial charge < -0.3 is 0 Å². The fraction of sp³-hybridized carbons (Fsp3) is 0.250. The third-order valence-electron chi connectivity index (χ3n) is 1.57. The van der Waals surface area contributed by atoms with Crippen LogP contribution in [0.5, 0.6) is 0 Å². The van der Waals surface area contributed by atoms with Crippen molar-refractivity contribution in [1.82, 2.24) is 0 Å². The van der Waals surface area contributed by atoms with E-state index >= 15 is 0 Å². The number of alkyl halides is 5. The van der Waals surface area contributed by atoms with E-state index in [4.69, 9.17) is 0 Å². The van der Waals surface area contributed by atoms with E-state index in [1.165, 1.54) is 0 Å². The van der Waals surface area contributed by atoms with Crippen molar-refractivity contribution < 1.29 is 22.0 Å². The Morgan fingerprint density at radius 3 is 1.93 bits per heavy atom. The number of benzene rings is 1. The predicted molar refractivity (Wildman–Crippen MR) is 41.1 cm³/mol. The molecule has 1 aromatic rings. The van der Waals surface area contributed by atoms with E-state index in [0.717, 1.165) is 12.1 Å². The molecule has 0 N–H and O–H groups in total. The van der Waals surface area contributed by atoms with Gasteiger partial charge in [0.2, 0.25) is 0 Å². The van der Waals surface area contributed by atoms with Gasteiger partial charge in [0.25, 0.3) is 0 Å². The second-order valence-electron chi connectivity index (χ2n) is 2.55. The van der Waals surface area contributed by atoms with Crippen LogP contribution in [0, 0.1) is 5.82 Å². The molecule has 0 heterocycles. The molecule has 0 spiro atoms. The summed E-state index contributed by atoms with van der Waals surface area (Å²) in [5, 5.41) is -4.18. The highest BCUT2D eigenvalue weighted by atomic mass is 35.5. The molecule has 1 atom stereocenters. The summed E-state index contributed by atoms with van der Waals surface area (Å²) in [6.07, 6.45) is -5.35. The molecule has 14 heavy (non-hydrogen) atoms. The van der Waals surface area contributed by atoms with Crippen LogP contribution in [-0.2, 0) is 5.13 Å². The molecule has 78 valence electrons. The maximum absolute atomic E-state index is 13.0. The summed E-state index contributed by atoms with van der Waals surface area (Å²) in [7, 11) is 0. The Morgan fingerprint density at radius 2 is 1.50 bits per heavy atom. The molecule has 1 unspecified atom stereocenters. The summed E-state index contributed by atoms with van der Waals surface area (Å²) < 4.78 is 61.9. The van der Waals surface area contributed by atoms with Gasteiger partial charge in [-0.25, -0.2) is 8.78 Å². The van der Waals surface area contributed by atoms with E-state index in [2.05, 4.69) is 11.6 Å². The van der Waals surface area contributed by atoms with Crippen molar-refractivity contribution in [2.24, 2.45) is 0 Å². The topological polar surface area (TPSA) is 0 Å². The Labute approximate surface area is 81.3 Å². The zero-order chi connectivity index (χ0) is 11.0. The van der Waals surface area contributed by atoms with Gasteiger partial charge >= 0.3 is 11.3 Å².